The Bertz CT molecular complexity index is 934. The van der Waals surface area contributed by atoms with E-state index >= 15 is 0 Å². The molecule has 11 atom stereocenters. The van der Waals surface area contributed by atoms with Crippen LogP contribution in [0.5, 0.6) is 0 Å². The Morgan fingerprint density at radius 1 is 1.09 bits per heavy atom. The van der Waals surface area contributed by atoms with Gasteiger partial charge in [-0.05, 0) is 69.3 Å². The monoisotopic (exact) mass is 494 g/mol. The van der Waals surface area contributed by atoms with E-state index < -0.39 is 65.1 Å². The highest BCUT2D eigenvalue weighted by atomic mass is 16.7. The molecule has 1 saturated heterocycles. The summed E-state index contributed by atoms with van der Waals surface area (Å²) in [6, 6.07) is 0. The van der Waals surface area contributed by atoms with E-state index in [1.807, 2.05) is 13.8 Å². The topological polar surface area (TPSA) is 154 Å². The lowest BCUT2D eigenvalue weighted by Gasteiger charge is -2.66. The second-order valence-electron chi connectivity index (χ2n) is 12.1. The first-order valence-corrected chi connectivity index (χ1v) is 12.8. The van der Waals surface area contributed by atoms with Crippen molar-refractivity contribution in [3.05, 3.63) is 12.2 Å². The quantitative estimate of drug-likeness (QED) is 0.280. The van der Waals surface area contributed by atoms with E-state index in [-0.39, 0.29) is 17.6 Å². The molecule has 1 aliphatic heterocycles. The van der Waals surface area contributed by atoms with Crippen molar-refractivity contribution in [2.24, 2.45) is 28.1 Å². The van der Waals surface area contributed by atoms with Crippen LogP contribution in [0.2, 0.25) is 0 Å². The third-order valence-corrected chi connectivity index (χ3v) is 10.7. The number of fused-ring (bicyclic) bond motifs is 3. The summed E-state index contributed by atoms with van der Waals surface area (Å²) in [6.07, 6.45) is -2.86. The molecule has 0 unspecified atom stereocenters. The molecule has 4 aliphatic carbocycles. The van der Waals surface area contributed by atoms with Gasteiger partial charge >= 0.3 is 5.97 Å². The van der Waals surface area contributed by atoms with Crippen molar-refractivity contribution < 1.29 is 44.6 Å². The molecule has 5 fully saturated rings. The van der Waals surface area contributed by atoms with Gasteiger partial charge in [0.1, 0.15) is 24.4 Å². The van der Waals surface area contributed by atoms with Crippen molar-refractivity contribution in [3.63, 3.8) is 0 Å². The summed E-state index contributed by atoms with van der Waals surface area (Å²) in [5.74, 6) is -0.782. The van der Waals surface area contributed by atoms with Crippen LogP contribution in [0.1, 0.15) is 65.2 Å². The van der Waals surface area contributed by atoms with Gasteiger partial charge in [0.05, 0.1) is 23.0 Å². The van der Waals surface area contributed by atoms with Crippen molar-refractivity contribution in [1.82, 2.24) is 0 Å². The van der Waals surface area contributed by atoms with E-state index in [9.17, 15) is 35.1 Å². The maximum Gasteiger partial charge on any atom is 0.314 e. The van der Waals surface area contributed by atoms with Gasteiger partial charge in [-0.25, -0.2) is 0 Å². The van der Waals surface area contributed by atoms with Gasteiger partial charge < -0.3 is 35.0 Å². The first-order chi connectivity index (χ1) is 16.4. The molecule has 5 aliphatic rings. The van der Waals surface area contributed by atoms with Crippen molar-refractivity contribution in [3.8, 4) is 0 Å². The van der Waals surface area contributed by atoms with E-state index in [2.05, 4.69) is 6.58 Å². The molecule has 4 saturated carbocycles. The highest BCUT2D eigenvalue weighted by Gasteiger charge is 2.75. The number of carbonyl (C=O) groups excluding carboxylic acids is 2. The average Bonchev–Trinajstić information content (AvgIpc) is 3.03. The number of aliphatic hydroxyl groups is 5. The zero-order chi connectivity index (χ0) is 25.6. The molecule has 1 spiro atoms. The Morgan fingerprint density at radius 3 is 2.49 bits per heavy atom. The van der Waals surface area contributed by atoms with Gasteiger partial charge in [-0.1, -0.05) is 19.9 Å². The van der Waals surface area contributed by atoms with Crippen molar-refractivity contribution in [2.45, 2.75) is 102 Å². The van der Waals surface area contributed by atoms with E-state index in [0.717, 1.165) is 0 Å². The van der Waals surface area contributed by atoms with Crippen LogP contribution < -0.4 is 0 Å². The highest BCUT2D eigenvalue weighted by molar-refractivity contribution is 6.04. The van der Waals surface area contributed by atoms with Crippen molar-refractivity contribution >= 4 is 11.8 Å². The van der Waals surface area contributed by atoms with Gasteiger partial charge in [-0.2, -0.15) is 0 Å². The van der Waals surface area contributed by atoms with E-state index in [1.165, 1.54) is 0 Å². The zero-order valence-corrected chi connectivity index (χ0v) is 20.5. The van der Waals surface area contributed by atoms with Crippen molar-refractivity contribution in [1.29, 1.82) is 0 Å². The number of carbonyl (C=O) groups is 2. The number of allylic oxidation sites excluding steroid dienone is 1. The fourth-order valence-corrected chi connectivity index (χ4v) is 8.69. The third kappa shape index (κ3) is 3.09. The summed E-state index contributed by atoms with van der Waals surface area (Å²) in [7, 11) is 0. The maximum atomic E-state index is 13.7. The fourth-order valence-electron chi connectivity index (χ4n) is 8.69. The van der Waals surface area contributed by atoms with Gasteiger partial charge in [0, 0.05) is 5.41 Å². The first-order valence-electron chi connectivity index (χ1n) is 12.8. The minimum absolute atomic E-state index is 0.0154. The lowest BCUT2D eigenvalue weighted by molar-refractivity contribution is -0.300. The summed E-state index contributed by atoms with van der Waals surface area (Å²) in [6.45, 7) is 7.24. The largest absolute Gasteiger partial charge is 0.432 e. The third-order valence-electron chi connectivity index (χ3n) is 10.7. The zero-order valence-electron chi connectivity index (χ0n) is 20.5. The van der Waals surface area contributed by atoms with Gasteiger partial charge in [0.2, 0.25) is 6.29 Å². The predicted octanol–water partition coefficient (Wildman–Crippen LogP) is 0.592. The molecular formula is C26H38O9. The number of esters is 1. The number of ether oxygens (including phenoxy) is 2. The van der Waals surface area contributed by atoms with Crippen LogP contribution in [0.4, 0.5) is 0 Å². The molecular weight excluding hydrogens is 456 g/mol. The van der Waals surface area contributed by atoms with E-state index in [0.29, 0.717) is 56.9 Å². The standard InChI is InChI=1S/C26H38O9/c1-13-14-5-10-26(33)24(3)8-4-7-23(2,16(24)6-9-25(26,11-14)20(13)31)22(32)35-21-19(30)18(29)17(28)15(12-27)34-21/h14-19,21,27-30,33H,1,4-12H2,2-3H3/t14-,15+,16+,17+,18-,19+,21-,23+,24+,25-,26+/m0/s1. The van der Waals surface area contributed by atoms with Gasteiger partial charge in [0.25, 0.3) is 0 Å². The van der Waals surface area contributed by atoms with E-state index in [4.69, 9.17) is 9.47 Å². The Kier molecular flexibility index (Phi) is 5.83. The molecule has 0 amide bonds. The molecule has 5 rings (SSSR count). The lowest BCUT2D eigenvalue weighted by Crippen LogP contribution is -2.70. The number of hydrogen-bond acceptors (Lipinski definition) is 9. The lowest BCUT2D eigenvalue weighted by atomic mass is 9.38. The average molecular weight is 495 g/mol. The maximum absolute atomic E-state index is 13.7. The number of aliphatic hydroxyl groups excluding tert-OH is 4. The highest BCUT2D eigenvalue weighted by Crippen LogP contribution is 2.73. The molecule has 0 aromatic carbocycles. The molecule has 0 aromatic heterocycles. The fraction of sp³-hybridized carbons (Fsp3) is 0.846. The number of ketones is 1. The molecule has 0 aromatic rings. The summed E-state index contributed by atoms with van der Waals surface area (Å²) >= 11 is 0. The van der Waals surface area contributed by atoms with Crippen LogP contribution >= 0.6 is 0 Å². The number of hydrogen-bond donors (Lipinski definition) is 5. The minimum Gasteiger partial charge on any atom is -0.432 e. The molecule has 9 heteroatoms. The van der Waals surface area contributed by atoms with Crippen LogP contribution in [-0.4, -0.2) is 80.2 Å². The Balaban J connectivity index is 1.44. The Labute approximate surface area is 205 Å². The smallest absolute Gasteiger partial charge is 0.314 e. The van der Waals surface area contributed by atoms with Crippen LogP contribution in [0.25, 0.3) is 0 Å². The molecule has 1 heterocycles. The van der Waals surface area contributed by atoms with Gasteiger partial charge in [0.15, 0.2) is 5.78 Å². The molecule has 2 bridgehead atoms. The summed E-state index contributed by atoms with van der Waals surface area (Å²) in [4.78, 5) is 27.1. The minimum atomic E-state index is -1.67. The summed E-state index contributed by atoms with van der Waals surface area (Å²) < 4.78 is 11.0. The number of rotatable bonds is 3. The van der Waals surface area contributed by atoms with Crippen LogP contribution in [0, 0.1) is 28.1 Å². The molecule has 9 nitrogen and oxygen atoms in total. The van der Waals surface area contributed by atoms with Crippen LogP contribution in [-0.2, 0) is 19.1 Å². The number of Topliss-reactive ketones (excluding diaryl/α,β-unsaturated/α-hetero) is 1. The Hall–Kier alpha value is -1.36. The van der Waals surface area contributed by atoms with E-state index in [1.54, 1.807) is 0 Å². The van der Waals surface area contributed by atoms with Crippen LogP contribution in [0.15, 0.2) is 12.2 Å². The normalized spacial score (nSPS) is 53.6. The summed E-state index contributed by atoms with van der Waals surface area (Å²) in [5.41, 5.74) is -3.18. The second kappa shape index (κ2) is 8.07. The van der Waals surface area contributed by atoms with Gasteiger partial charge in [-0.15, -0.1) is 0 Å². The SMILES string of the molecule is C=C1C(=O)[C@@]23CC[C@@H]4[C@](C)(C(=O)O[C@@H]5O[C@H](CO)[C@@H](O)[C@H](O)[C@H]5O)CCC[C@@]4(C)[C@]2(O)CC[C@H]1C3. The van der Waals surface area contributed by atoms with Crippen LogP contribution in [0.3, 0.4) is 0 Å². The summed E-state index contributed by atoms with van der Waals surface area (Å²) in [5, 5.41) is 52.3. The van der Waals surface area contributed by atoms with Crippen molar-refractivity contribution in [2.75, 3.05) is 6.61 Å². The molecule has 0 radical (unpaired) electrons. The second-order valence-corrected chi connectivity index (χ2v) is 12.1. The molecule has 5 N–H and O–H groups in total. The van der Waals surface area contributed by atoms with Gasteiger partial charge in [-0.3, -0.25) is 9.59 Å². The Morgan fingerprint density at radius 2 is 1.80 bits per heavy atom. The molecule has 35 heavy (non-hydrogen) atoms. The molecule has 196 valence electrons. The first kappa shape index (κ1) is 25.3. The predicted molar refractivity (Wildman–Crippen MR) is 122 cm³/mol.